The third-order valence-corrected chi connectivity index (χ3v) is 4.08. The number of hydrogen-bond donors (Lipinski definition) is 1. The molecule has 1 N–H and O–H groups in total. The van der Waals surface area contributed by atoms with Gasteiger partial charge in [0.1, 0.15) is 5.76 Å². The van der Waals surface area contributed by atoms with Crippen molar-refractivity contribution in [3.63, 3.8) is 0 Å². The maximum absolute atomic E-state index is 5.44. The summed E-state index contributed by atoms with van der Waals surface area (Å²) in [6.45, 7) is 0.828. The zero-order valence-corrected chi connectivity index (χ0v) is 10.3. The lowest BCUT2D eigenvalue weighted by atomic mass is 9.93. The van der Waals surface area contributed by atoms with Crippen molar-refractivity contribution in [2.24, 2.45) is 0 Å². The Bertz CT molecular complexity index is 274. The lowest BCUT2D eigenvalue weighted by Gasteiger charge is -2.25. The lowest BCUT2D eigenvalue weighted by Crippen LogP contribution is -2.34. The number of halogens is 2. The van der Waals surface area contributed by atoms with Gasteiger partial charge in [-0.3, -0.25) is 0 Å². The molecule has 0 spiro atoms. The van der Waals surface area contributed by atoms with E-state index >= 15 is 0 Å². The SMILES string of the molecule is Brc1cc(CNC2CCC2)oc1Br. The average molecular weight is 309 g/mol. The molecular weight excluding hydrogens is 298 g/mol. The smallest absolute Gasteiger partial charge is 0.183 e. The third-order valence-electron chi connectivity index (χ3n) is 2.37. The Balaban J connectivity index is 1.86. The molecule has 2 rings (SSSR count). The number of rotatable bonds is 3. The van der Waals surface area contributed by atoms with Gasteiger partial charge in [0.25, 0.3) is 0 Å². The minimum Gasteiger partial charge on any atom is -0.452 e. The Morgan fingerprint density at radius 1 is 1.46 bits per heavy atom. The van der Waals surface area contributed by atoms with Crippen LogP contribution in [-0.4, -0.2) is 6.04 Å². The van der Waals surface area contributed by atoms with E-state index in [9.17, 15) is 0 Å². The molecule has 0 aromatic carbocycles. The second-order valence-corrected chi connectivity index (χ2v) is 4.92. The van der Waals surface area contributed by atoms with Gasteiger partial charge in [0, 0.05) is 6.04 Å². The van der Waals surface area contributed by atoms with Crippen molar-refractivity contribution < 1.29 is 4.42 Å². The van der Waals surface area contributed by atoms with E-state index in [1.807, 2.05) is 6.07 Å². The maximum atomic E-state index is 5.44. The van der Waals surface area contributed by atoms with Crippen LogP contribution >= 0.6 is 31.9 Å². The van der Waals surface area contributed by atoms with E-state index in [1.54, 1.807) is 0 Å². The molecule has 1 aromatic rings. The van der Waals surface area contributed by atoms with Gasteiger partial charge in [-0.25, -0.2) is 0 Å². The monoisotopic (exact) mass is 307 g/mol. The summed E-state index contributed by atoms with van der Waals surface area (Å²) in [7, 11) is 0. The fourth-order valence-electron chi connectivity index (χ4n) is 1.34. The van der Waals surface area contributed by atoms with Gasteiger partial charge < -0.3 is 9.73 Å². The molecule has 13 heavy (non-hydrogen) atoms. The number of hydrogen-bond acceptors (Lipinski definition) is 2. The van der Waals surface area contributed by atoms with Crippen molar-refractivity contribution in [1.29, 1.82) is 0 Å². The van der Waals surface area contributed by atoms with Crippen LogP contribution in [0.15, 0.2) is 19.6 Å². The molecule has 0 unspecified atom stereocenters. The van der Waals surface area contributed by atoms with E-state index in [0.717, 1.165) is 21.4 Å². The molecule has 1 aliphatic rings. The molecule has 4 heteroatoms. The Morgan fingerprint density at radius 3 is 2.69 bits per heavy atom. The molecule has 0 radical (unpaired) electrons. The highest BCUT2D eigenvalue weighted by Crippen LogP contribution is 2.27. The number of furan rings is 1. The van der Waals surface area contributed by atoms with Gasteiger partial charge in [0.15, 0.2) is 4.67 Å². The summed E-state index contributed by atoms with van der Waals surface area (Å²) in [5.74, 6) is 0.977. The zero-order valence-electron chi connectivity index (χ0n) is 7.15. The molecule has 0 atom stereocenters. The van der Waals surface area contributed by atoms with Crippen LogP contribution in [0, 0.1) is 0 Å². The normalized spacial score (nSPS) is 17.4. The molecule has 0 saturated heterocycles. The lowest BCUT2D eigenvalue weighted by molar-refractivity contribution is 0.323. The highest BCUT2D eigenvalue weighted by Gasteiger charge is 2.17. The summed E-state index contributed by atoms with van der Waals surface area (Å²) >= 11 is 6.70. The van der Waals surface area contributed by atoms with E-state index in [4.69, 9.17) is 4.42 Å². The van der Waals surface area contributed by atoms with Gasteiger partial charge in [-0.15, -0.1) is 0 Å². The maximum Gasteiger partial charge on any atom is 0.183 e. The van der Waals surface area contributed by atoms with Crippen LogP contribution in [0.2, 0.25) is 0 Å². The van der Waals surface area contributed by atoms with Crippen molar-refractivity contribution in [2.75, 3.05) is 0 Å². The largest absolute Gasteiger partial charge is 0.452 e. The standard InChI is InChI=1S/C9H11Br2NO/c10-8-4-7(13-9(8)11)5-12-6-2-1-3-6/h4,6,12H,1-3,5H2. The van der Waals surface area contributed by atoms with Crippen LogP contribution in [0.5, 0.6) is 0 Å². The minimum atomic E-state index is 0.711. The molecule has 1 saturated carbocycles. The summed E-state index contributed by atoms with van der Waals surface area (Å²) in [6.07, 6.45) is 3.98. The summed E-state index contributed by atoms with van der Waals surface area (Å²) < 4.78 is 7.20. The molecule has 0 bridgehead atoms. The second-order valence-electron chi connectivity index (χ2n) is 3.34. The zero-order chi connectivity index (χ0) is 9.26. The van der Waals surface area contributed by atoms with E-state index in [-0.39, 0.29) is 0 Å². The highest BCUT2D eigenvalue weighted by atomic mass is 79.9. The minimum absolute atomic E-state index is 0.711. The molecule has 2 nitrogen and oxygen atoms in total. The average Bonchev–Trinajstić information content (AvgIpc) is 2.28. The Kier molecular flexibility index (Phi) is 3.11. The molecule has 1 heterocycles. The van der Waals surface area contributed by atoms with E-state index in [1.165, 1.54) is 19.3 Å². The molecule has 0 amide bonds. The third kappa shape index (κ3) is 2.36. The van der Waals surface area contributed by atoms with Gasteiger partial charge in [-0.1, -0.05) is 6.42 Å². The quantitative estimate of drug-likeness (QED) is 0.925. The van der Waals surface area contributed by atoms with Crippen LogP contribution in [0.25, 0.3) is 0 Å². The summed E-state index contributed by atoms with van der Waals surface area (Å²) in [5.41, 5.74) is 0. The first-order valence-corrected chi connectivity index (χ1v) is 6.01. The first kappa shape index (κ1) is 9.74. The molecule has 1 aromatic heterocycles. The van der Waals surface area contributed by atoms with Crippen molar-refractivity contribution in [2.45, 2.75) is 31.8 Å². The van der Waals surface area contributed by atoms with Crippen molar-refractivity contribution >= 4 is 31.9 Å². The Labute approximate surface area is 94.3 Å². The number of nitrogens with one attached hydrogen (secondary N) is 1. The molecule has 0 aliphatic heterocycles. The van der Waals surface area contributed by atoms with Crippen molar-refractivity contribution in [1.82, 2.24) is 5.32 Å². The predicted octanol–water partition coefficient (Wildman–Crippen LogP) is 3.45. The summed E-state index contributed by atoms with van der Waals surface area (Å²) in [4.78, 5) is 0. The fourth-order valence-corrected chi connectivity index (χ4v) is 1.99. The van der Waals surface area contributed by atoms with Crippen molar-refractivity contribution in [3.05, 3.63) is 21.0 Å². The summed E-state index contributed by atoms with van der Waals surface area (Å²) in [5, 5.41) is 3.44. The van der Waals surface area contributed by atoms with Crippen LogP contribution in [0.3, 0.4) is 0 Å². The molecule has 1 fully saturated rings. The van der Waals surface area contributed by atoms with Crippen molar-refractivity contribution in [3.8, 4) is 0 Å². The van der Waals surface area contributed by atoms with Gasteiger partial charge in [0.2, 0.25) is 0 Å². The first-order valence-electron chi connectivity index (χ1n) is 4.43. The second kappa shape index (κ2) is 4.15. The van der Waals surface area contributed by atoms with Crippen LogP contribution < -0.4 is 5.32 Å². The van der Waals surface area contributed by atoms with E-state index < -0.39 is 0 Å². The fraction of sp³-hybridized carbons (Fsp3) is 0.556. The van der Waals surface area contributed by atoms with Gasteiger partial charge >= 0.3 is 0 Å². The highest BCUT2D eigenvalue weighted by molar-refractivity contribution is 9.13. The van der Waals surface area contributed by atoms with E-state index in [0.29, 0.717) is 6.04 Å². The van der Waals surface area contributed by atoms with Gasteiger partial charge in [-0.05, 0) is 50.8 Å². The molecule has 72 valence electrons. The topological polar surface area (TPSA) is 25.2 Å². The van der Waals surface area contributed by atoms with Crippen LogP contribution in [0.4, 0.5) is 0 Å². The van der Waals surface area contributed by atoms with Crippen LogP contribution in [-0.2, 0) is 6.54 Å². The van der Waals surface area contributed by atoms with Crippen LogP contribution in [0.1, 0.15) is 25.0 Å². The van der Waals surface area contributed by atoms with Gasteiger partial charge in [-0.2, -0.15) is 0 Å². The summed E-state index contributed by atoms with van der Waals surface area (Å²) in [6, 6.07) is 2.71. The van der Waals surface area contributed by atoms with E-state index in [2.05, 4.69) is 37.2 Å². The predicted molar refractivity (Wildman–Crippen MR) is 58.6 cm³/mol. The molecular formula is C9H11Br2NO. The molecule has 1 aliphatic carbocycles. The van der Waals surface area contributed by atoms with Gasteiger partial charge in [0.05, 0.1) is 11.0 Å². The Hall–Kier alpha value is 0.200. The Morgan fingerprint density at radius 2 is 2.23 bits per heavy atom. The first-order chi connectivity index (χ1) is 6.25.